The number of nitrogens with one attached hydrogen (secondary N) is 1. The lowest BCUT2D eigenvalue weighted by atomic mass is 10.1. The van der Waals surface area contributed by atoms with E-state index in [-0.39, 0.29) is 23.2 Å². The molecule has 2 amide bonds. The molecule has 214 valence electrons. The predicted molar refractivity (Wildman–Crippen MR) is 162 cm³/mol. The molecule has 0 bridgehead atoms. The van der Waals surface area contributed by atoms with E-state index >= 15 is 0 Å². The molecule has 0 fully saturated rings. The zero-order valence-corrected chi connectivity index (χ0v) is 26.0. The highest BCUT2D eigenvalue weighted by atomic mass is 35.5. The Hall–Kier alpha value is -2.78. The summed E-state index contributed by atoms with van der Waals surface area (Å²) in [6, 6.07) is 15.0. The van der Waals surface area contributed by atoms with Crippen LogP contribution >= 0.6 is 34.8 Å². The lowest BCUT2D eigenvalue weighted by Crippen LogP contribution is -2.52. The molecule has 0 saturated carbocycles. The van der Waals surface area contributed by atoms with Crippen LogP contribution in [0, 0.1) is 13.8 Å². The van der Waals surface area contributed by atoms with E-state index < -0.39 is 34.4 Å². The molecule has 0 aromatic heterocycles. The van der Waals surface area contributed by atoms with Crippen molar-refractivity contribution in [3.8, 4) is 0 Å². The van der Waals surface area contributed by atoms with Gasteiger partial charge in [0.1, 0.15) is 12.6 Å². The molecule has 11 heteroatoms. The smallest absolute Gasteiger partial charge is 0.264 e. The minimum absolute atomic E-state index is 0.0107. The van der Waals surface area contributed by atoms with Crippen LogP contribution in [0.15, 0.2) is 65.6 Å². The van der Waals surface area contributed by atoms with Gasteiger partial charge < -0.3 is 10.2 Å². The van der Waals surface area contributed by atoms with Crippen LogP contribution in [0.5, 0.6) is 0 Å². The highest BCUT2D eigenvalue weighted by molar-refractivity contribution is 7.92. The number of halogens is 3. The molecule has 0 aliphatic heterocycles. The Bertz CT molecular complexity index is 1470. The molecule has 7 nitrogen and oxygen atoms in total. The molecule has 3 rings (SSSR count). The second-order valence-corrected chi connectivity index (χ2v) is 12.9. The molecular weight excluding hydrogens is 593 g/mol. The van der Waals surface area contributed by atoms with Gasteiger partial charge in [-0.1, -0.05) is 64.6 Å². The molecule has 0 aliphatic carbocycles. The Morgan fingerprint density at radius 2 is 1.50 bits per heavy atom. The zero-order valence-electron chi connectivity index (χ0n) is 22.9. The number of aryl methyl sites for hydroxylation is 2. The SMILES string of the molecule is Cc1ccc(S(=O)(=O)N(CC(=O)N(Cc2c(Cl)cccc2Cl)C(C)C(=O)NC(C)C)c2cc(Cl)ccc2C)cc1. The van der Waals surface area contributed by atoms with Crippen molar-refractivity contribution in [1.29, 1.82) is 0 Å². The standard InChI is InChI=1S/C29H32Cl3N3O4S/c1-18(2)33-29(37)21(5)34(16-24-25(31)7-6-8-26(24)32)28(36)17-35(27-15-22(30)12-11-20(27)4)40(38,39)23-13-9-19(3)10-14-23/h6-15,18,21H,16-17H2,1-5H3,(H,33,37). The average Bonchev–Trinajstić information content (AvgIpc) is 2.88. The predicted octanol–water partition coefficient (Wildman–Crippen LogP) is 6.40. The van der Waals surface area contributed by atoms with E-state index in [1.54, 1.807) is 70.2 Å². The first-order valence-corrected chi connectivity index (χ1v) is 15.2. The average molecular weight is 625 g/mol. The third kappa shape index (κ3) is 7.49. The van der Waals surface area contributed by atoms with Crippen LogP contribution in [-0.4, -0.2) is 43.8 Å². The number of benzene rings is 3. The summed E-state index contributed by atoms with van der Waals surface area (Å²) in [6.07, 6.45) is 0. The number of sulfonamides is 1. The molecule has 0 spiro atoms. The van der Waals surface area contributed by atoms with E-state index in [4.69, 9.17) is 34.8 Å². The molecule has 3 aromatic carbocycles. The van der Waals surface area contributed by atoms with Gasteiger partial charge in [0.05, 0.1) is 10.6 Å². The maximum atomic E-state index is 14.0. The molecule has 1 unspecified atom stereocenters. The molecule has 0 radical (unpaired) electrons. The first-order chi connectivity index (χ1) is 18.7. The Labute approximate surface area is 251 Å². The Kier molecular flexibility index (Phi) is 10.5. The van der Waals surface area contributed by atoms with Crippen LogP contribution in [-0.2, 0) is 26.2 Å². The van der Waals surface area contributed by atoms with Crippen LogP contribution in [0.4, 0.5) is 5.69 Å². The molecule has 1 atom stereocenters. The first kappa shape index (κ1) is 31.7. The van der Waals surface area contributed by atoms with Crippen molar-refractivity contribution in [2.75, 3.05) is 10.8 Å². The van der Waals surface area contributed by atoms with Crippen molar-refractivity contribution in [3.05, 3.63) is 92.4 Å². The highest BCUT2D eigenvalue weighted by Crippen LogP contribution is 2.31. The summed E-state index contributed by atoms with van der Waals surface area (Å²) in [7, 11) is -4.22. The van der Waals surface area contributed by atoms with Crippen molar-refractivity contribution >= 4 is 62.3 Å². The van der Waals surface area contributed by atoms with Gasteiger partial charge >= 0.3 is 0 Å². The molecule has 0 heterocycles. The number of carbonyl (C=O) groups excluding carboxylic acids is 2. The van der Waals surface area contributed by atoms with Crippen LogP contribution < -0.4 is 9.62 Å². The van der Waals surface area contributed by atoms with E-state index in [9.17, 15) is 18.0 Å². The fourth-order valence-electron chi connectivity index (χ4n) is 4.04. The lowest BCUT2D eigenvalue weighted by molar-refractivity contribution is -0.139. The van der Waals surface area contributed by atoms with Crippen LogP contribution in [0.3, 0.4) is 0 Å². The lowest BCUT2D eigenvalue weighted by Gasteiger charge is -2.33. The molecular formula is C29H32Cl3N3O4S. The van der Waals surface area contributed by atoms with Gasteiger partial charge in [0.15, 0.2) is 0 Å². The van der Waals surface area contributed by atoms with E-state index in [0.29, 0.717) is 26.2 Å². The first-order valence-electron chi connectivity index (χ1n) is 12.6. The third-order valence-corrected chi connectivity index (χ3v) is 9.03. The summed E-state index contributed by atoms with van der Waals surface area (Å²) in [5.41, 5.74) is 2.17. The summed E-state index contributed by atoms with van der Waals surface area (Å²) in [6.45, 7) is 8.05. The zero-order chi connectivity index (χ0) is 29.8. The van der Waals surface area contributed by atoms with Gasteiger partial charge in [-0.3, -0.25) is 13.9 Å². The molecule has 40 heavy (non-hydrogen) atoms. The summed E-state index contributed by atoms with van der Waals surface area (Å²) < 4.78 is 29.0. The number of anilines is 1. The van der Waals surface area contributed by atoms with Gasteiger partial charge in [-0.15, -0.1) is 0 Å². The Balaban J connectivity index is 2.11. The van der Waals surface area contributed by atoms with Crippen molar-refractivity contribution in [3.63, 3.8) is 0 Å². The van der Waals surface area contributed by atoms with Crippen molar-refractivity contribution in [2.45, 2.75) is 58.1 Å². The number of nitrogens with zero attached hydrogens (tertiary/aromatic N) is 2. The van der Waals surface area contributed by atoms with Crippen LogP contribution in [0.2, 0.25) is 15.1 Å². The van der Waals surface area contributed by atoms with Crippen molar-refractivity contribution in [2.24, 2.45) is 0 Å². The van der Waals surface area contributed by atoms with Gasteiger partial charge in [-0.2, -0.15) is 0 Å². The van der Waals surface area contributed by atoms with Gasteiger partial charge in [-0.25, -0.2) is 8.42 Å². The van der Waals surface area contributed by atoms with Crippen LogP contribution in [0.25, 0.3) is 0 Å². The largest absolute Gasteiger partial charge is 0.352 e. The topological polar surface area (TPSA) is 86.8 Å². The minimum Gasteiger partial charge on any atom is -0.352 e. The van der Waals surface area contributed by atoms with E-state index in [1.807, 2.05) is 6.92 Å². The van der Waals surface area contributed by atoms with Gasteiger partial charge in [0.25, 0.3) is 10.0 Å². The van der Waals surface area contributed by atoms with E-state index in [2.05, 4.69) is 5.32 Å². The number of hydrogen-bond acceptors (Lipinski definition) is 4. The minimum atomic E-state index is -4.22. The summed E-state index contributed by atoms with van der Waals surface area (Å²) >= 11 is 19.1. The fraction of sp³-hybridized carbons (Fsp3) is 0.310. The Morgan fingerprint density at radius 3 is 2.08 bits per heavy atom. The molecule has 1 N–H and O–H groups in total. The van der Waals surface area contributed by atoms with Crippen LogP contribution in [0.1, 0.15) is 37.5 Å². The molecule has 0 saturated heterocycles. The molecule has 3 aromatic rings. The maximum Gasteiger partial charge on any atom is 0.264 e. The summed E-state index contributed by atoms with van der Waals surface area (Å²) in [5.74, 6) is -1.03. The number of rotatable bonds is 10. The fourth-order valence-corrected chi connectivity index (χ4v) is 6.20. The monoisotopic (exact) mass is 623 g/mol. The van der Waals surface area contributed by atoms with Crippen molar-refractivity contribution in [1.82, 2.24) is 10.2 Å². The van der Waals surface area contributed by atoms with E-state index in [0.717, 1.165) is 9.87 Å². The summed E-state index contributed by atoms with van der Waals surface area (Å²) in [5, 5.41) is 3.75. The Morgan fingerprint density at radius 1 is 0.900 bits per heavy atom. The van der Waals surface area contributed by atoms with Gasteiger partial charge in [-0.05, 0) is 76.6 Å². The second kappa shape index (κ2) is 13.3. The van der Waals surface area contributed by atoms with Gasteiger partial charge in [0, 0.05) is 33.2 Å². The van der Waals surface area contributed by atoms with Gasteiger partial charge in [0.2, 0.25) is 11.8 Å². The normalized spacial score (nSPS) is 12.2. The quantitative estimate of drug-likeness (QED) is 0.283. The van der Waals surface area contributed by atoms with E-state index in [1.165, 1.54) is 23.1 Å². The summed E-state index contributed by atoms with van der Waals surface area (Å²) in [4.78, 5) is 28.4. The molecule has 0 aliphatic rings. The number of carbonyl (C=O) groups is 2. The third-order valence-electron chi connectivity index (χ3n) is 6.32. The maximum absolute atomic E-state index is 14.0. The highest BCUT2D eigenvalue weighted by Gasteiger charge is 2.34. The second-order valence-electron chi connectivity index (χ2n) is 9.82. The number of hydrogen-bond donors (Lipinski definition) is 1. The van der Waals surface area contributed by atoms with Crippen molar-refractivity contribution < 1.29 is 18.0 Å². The number of amides is 2.